The molecule has 0 spiro atoms. The van der Waals surface area contributed by atoms with Crippen LogP contribution in [0.3, 0.4) is 0 Å². The van der Waals surface area contributed by atoms with Crippen molar-refractivity contribution < 1.29 is 19.0 Å². The molecule has 1 aliphatic rings. The molecule has 1 amide bonds. The molecule has 2 N–H and O–H groups in total. The first-order chi connectivity index (χ1) is 20.1. The third kappa shape index (κ3) is 7.66. The molecule has 0 bridgehead atoms. The van der Waals surface area contributed by atoms with Crippen LogP contribution in [0.2, 0.25) is 5.02 Å². The maximum atomic E-state index is 12.2. The molecule has 2 aromatic carbocycles. The Morgan fingerprint density at radius 1 is 1.10 bits per heavy atom. The summed E-state index contributed by atoms with van der Waals surface area (Å²) < 4.78 is 17.3. The smallest absolute Gasteiger partial charge is 0.247 e. The number of halogens is 1. The summed E-state index contributed by atoms with van der Waals surface area (Å²) in [5.41, 5.74) is 2.54. The summed E-state index contributed by atoms with van der Waals surface area (Å²) >= 11 is 6.49. The average Bonchev–Trinajstić information content (AvgIpc) is 3.00. The van der Waals surface area contributed by atoms with E-state index in [1.54, 1.807) is 42.9 Å². The summed E-state index contributed by atoms with van der Waals surface area (Å²) in [7, 11) is 0. The van der Waals surface area contributed by atoms with E-state index < -0.39 is 0 Å². The summed E-state index contributed by atoms with van der Waals surface area (Å²) in [5.74, 6) is 1.22. The lowest BCUT2D eigenvalue weighted by Crippen LogP contribution is -2.37. The number of morpholine rings is 1. The van der Waals surface area contributed by atoms with Gasteiger partial charge in [0.15, 0.2) is 0 Å². The third-order valence-corrected chi connectivity index (χ3v) is 6.64. The minimum absolute atomic E-state index is 0.244. The summed E-state index contributed by atoms with van der Waals surface area (Å²) in [4.78, 5) is 31.6. The lowest BCUT2D eigenvalue weighted by molar-refractivity contribution is -0.111. The lowest BCUT2D eigenvalue weighted by Gasteiger charge is -2.26. The van der Waals surface area contributed by atoms with Crippen molar-refractivity contribution in [3.63, 3.8) is 0 Å². The van der Waals surface area contributed by atoms with Gasteiger partial charge in [-0.25, -0.2) is 9.97 Å². The van der Waals surface area contributed by atoms with E-state index in [9.17, 15) is 4.79 Å². The molecule has 3 heterocycles. The summed E-state index contributed by atoms with van der Waals surface area (Å²) in [6, 6.07) is 8.93. The summed E-state index contributed by atoms with van der Waals surface area (Å²) in [5, 5.41) is 7.23. The molecule has 1 aliphatic heterocycles. The van der Waals surface area contributed by atoms with E-state index in [0.29, 0.717) is 56.9 Å². The Bertz CT molecular complexity index is 1500. The monoisotopic (exact) mass is 575 g/mol. The van der Waals surface area contributed by atoms with Crippen LogP contribution in [0.25, 0.3) is 10.9 Å². The van der Waals surface area contributed by atoms with Crippen LogP contribution in [-0.2, 0) is 16.1 Å². The fourth-order valence-corrected chi connectivity index (χ4v) is 4.50. The molecule has 11 nitrogen and oxygen atoms in total. The van der Waals surface area contributed by atoms with Crippen molar-refractivity contribution in [2.24, 2.45) is 0 Å². The molecule has 41 heavy (non-hydrogen) atoms. The summed E-state index contributed by atoms with van der Waals surface area (Å²) in [6.07, 6.45) is 8.36. The molecule has 0 radical (unpaired) electrons. The second-order valence-electron chi connectivity index (χ2n) is 9.19. The molecule has 0 aliphatic carbocycles. The number of carbonyl (C=O) groups is 1. The SMILES string of the molecule is C=CC(=O)Nc1cc2c(Nc3ccc(OCc4cnccn4)c(Cl)c3)ncnc2cc1OCCCN1CCOCC1. The molecular weight excluding hydrogens is 546 g/mol. The van der Waals surface area contributed by atoms with E-state index in [1.165, 1.54) is 12.4 Å². The van der Waals surface area contributed by atoms with Crippen LogP contribution in [0.1, 0.15) is 12.1 Å². The quantitative estimate of drug-likeness (QED) is 0.183. The normalized spacial score (nSPS) is 13.5. The Labute approximate surface area is 242 Å². The molecule has 1 fully saturated rings. The Morgan fingerprint density at radius 3 is 2.76 bits per heavy atom. The van der Waals surface area contributed by atoms with Crippen LogP contribution < -0.4 is 20.1 Å². The van der Waals surface area contributed by atoms with Crippen molar-refractivity contribution in [1.29, 1.82) is 0 Å². The van der Waals surface area contributed by atoms with Gasteiger partial charge in [0.25, 0.3) is 0 Å². The average molecular weight is 576 g/mol. The van der Waals surface area contributed by atoms with Gasteiger partial charge in [-0.05, 0) is 36.8 Å². The van der Waals surface area contributed by atoms with Gasteiger partial charge < -0.3 is 24.8 Å². The largest absolute Gasteiger partial charge is 0.491 e. The van der Waals surface area contributed by atoms with Gasteiger partial charge in [0.05, 0.1) is 47.9 Å². The first kappa shape index (κ1) is 28.2. The molecule has 4 aromatic rings. The van der Waals surface area contributed by atoms with Crippen LogP contribution in [0.5, 0.6) is 11.5 Å². The fourth-order valence-electron chi connectivity index (χ4n) is 4.27. The van der Waals surface area contributed by atoms with E-state index in [2.05, 4.69) is 42.0 Å². The highest BCUT2D eigenvalue weighted by atomic mass is 35.5. The van der Waals surface area contributed by atoms with Gasteiger partial charge >= 0.3 is 0 Å². The topological polar surface area (TPSA) is 124 Å². The van der Waals surface area contributed by atoms with E-state index in [0.717, 1.165) is 39.3 Å². The number of fused-ring (bicyclic) bond motifs is 1. The van der Waals surface area contributed by atoms with Gasteiger partial charge in [-0.2, -0.15) is 0 Å². The molecule has 1 saturated heterocycles. The van der Waals surface area contributed by atoms with Gasteiger partial charge in [0.1, 0.15) is 30.3 Å². The number of rotatable bonds is 12. The molecule has 212 valence electrons. The standard InChI is InChI=1S/C29H30ClN7O4/c1-2-28(38)36-25-15-22-24(16-27(25)40-11-3-8-37-9-12-39-13-10-37)33-19-34-29(22)35-20-4-5-26(23(30)14-20)41-18-21-17-31-6-7-32-21/h2,4-7,14-17,19H,1,3,8-13,18H2,(H,36,38)(H,33,34,35). The number of ether oxygens (including phenoxy) is 3. The maximum Gasteiger partial charge on any atom is 0.247 e. The van der Waals surface area contributed by atoms with Crippen molar-refractivity contribution in [2.45, 2.75) is 13.0 Å². The van der Waals surface area contributed by atoms with Crippen LogP contribution in [0, 0.1) is 0 Å². The molecule has 0 unspecified atom stereocenters. The van der Waals surface area contributed by atoms with Crippen LogP contribution >= 0.6 is 11.6 Å². The van der Waals surface area contributed by atoms with Crippen LogP contribution in [0.15, 0.2) is 67.9 Å². The maximum absolute atomic E-state index is 12.2. The number of hydrogen-bond acceptors (Lipinski definition) is 10. The highest BCUT2D eigenvalue weighted by molar-refractivity contribution is 6.32. The molecule has 5 rings (SSSR count). The van der Waals surface area contributed by atoms with E-state index in [4.69, 9.17) is 25.8 Å². The Balaban J connectivity index is 1.31. The number of anilines is 3. The minimum Gasteiger partial charge on any atom is -0.491 e. The van der Waals surface area contributed by atoms with Gasteiger partial charge in [-0.15, -0.1) is 0 Å². The molecule has 0 saturated carbocycles. The minimum atomic E-state index is -0.349. The first-order valence-electron chi connectivity index (χ1n) is 13.2. The Kier molecular flexibility index (Phi) is 9.53. The van der Waals surface area contributed by atoms with Crippen molar-refractivity contribution in [1.82, 2.24) is 24.8 Å². The highest BCUT2D eigenvalue weighted by Crippen LogP contribution is 2.35. The van der Waals surface area contributed by atoms with E-state index in [-0.39, 0.29) is 12.5 Å². The van der Waals surface area contributed by atoms with Crippen molar-refractivity contribution in [3.05, 3.63) is 78.6 Å². The number of carbonyl (C=O) groups excluding carboxylic acids is 1. The predicted molar refractivity (Wildman–Crippen MR) is 157 cm³/mol. The van der Waals surface area contributed by atoms with E-state index >= 15 is 0 Å². The van der Waals surface area contributed by atoms with Crippen molar-refractivity contribution in [3.8, 4) is 11.5 Å². The zero-order valence-electron chi connectivity index (χ0n) is 22.4. The zero-order chi connectivity index (χ0) is 28.4. The lowest BCUT2D eigenvalue weighted by atomic mass is 10.1. The molecule has 0 atom stereocenters. The van der Waals surface area contributed by atoms with Crippen LogP contribution in [0.4, 0.5) is 17.2 Å². The zero-order valence-corrected chi connectivity index (χ0v) is 23.1. The van der Waals surface area contributed by atoms with E-state index in [1.807, 2.05) is 6.07 Å². The predicted octanol–water partition coefficient (Wildman–Crippen LogP) is 4.62. The number of nitrogens with zero attached hydrogens (tertiary/aromatic N) is 5. The second kappa shape index (κ2) is 13.8. The van der Waals surface area contributed by atoms with Crippen molar-refractivity contribution in [2.75, 3.05) is 50.1 Å². The number of hydrogen-bond donors (Lipinski definition) is 2. The molecular formula is C29H30ClN7O4. The first-order valence-corrected chi connectivity index (χ1v) is 13.6. The van der Waals surface area contributed by atoms with Gasteiger partial charge in [0, 0.05) is 49.2 Å². The number of aromatic nitrogens is 4. The molecule has 2 aromatic heterocycles. The van der Waals surface area contributed by atoms with Gasteiger partial charge in [-0.3, -0.25) is 19.7 Å². The second-order valence-corrected chi connectivity index (χ2v) is 9.60. The summed E-state index contributed by atoms with van der Waals surface area (Å²) in [6.45, 7) is 8.56. The Hall–Kier alpha value is -4.32. The molecule has 12 heteroatoms. The fraction of sp³-hybridized carbons (Fsp3) is 0.276. The van der Waals surface area contributed by atoms with Crippen molar-refractivity contribution >= 4 is 45.6 Å². The highest BCUT2D eigenvalue weighted by Gasteiger charge is 2.15. The Morgan fingerprint density at radius 2 is 1.98 bits per heavy atom. The van der Waals surface area contributed by atoms with Crippen LogP contribution in [-0.4, -0.2) is 70.2 Å². The third-order valence-electron chi connectivity index (χ3n) is 6.35. The number of amides is 1. The number of benzene rings is 2. The van der Waals surface area contributed by atoms with Gasteiger partial charge in [-0.1, -0.05) is 18.2 Å². The van der Waals surface area contributed by atoms with Gasteiger partial charge in [0.2, 0.25) is 5.91 Å². The number of nitrogens with one attached hydrogen (secondary N) is 2.